The third kappa shape index (κ3) is 3.85. The van der Waals surface area contributed by atoms with Crippen molar-refractivity contribution in [2.45, 2.75) is 37.3 Å². The van der Waals surface area contributed by atoms with Gasteiger partial charge in [-0.2, -0.15) is 5.26 Å². The molecule has 5 nitrogen and oxygen atoms in total. The average molecular weight is 327 g/mol. The molecule has 0 bridgehead atoms. The summed E-state index contributed by atoms with van der Waals surface area (Å²) in [5, 5.41) is 18.5. The number of nitrogens with zero attached hydrogens (tertiary/aromatic N) is 5. The van der Waals surface area contributed by atoms with E-state index < -0.39 is 0 Å². The summed E-state index contributed by atoms with van der Waals surface area (Å²) < 4.78 is 2.16. The minimum Gasteiger partial charge on any atom is -0.341 e. The van der Waals surface area contributed by atoms with E-state index in [0.717, 1.165) is 42.1 Å². The van der Waals surface area contributed by atoms with Crippen LogP contribution in [0.2, 0.25) is 0 Å². The first kappa shape index (κ1) is 15.9. The quantitative estimate of drug-likeness (QED) is 0.599. The molecule has 0 N–H and O–H groups in total. The van der Waals surface area contributed by atoms with Crippen LogP contribution in [0.1, 0.15) is 32.1 Å². The van der Waals surface area contributed by atoms with Crippen molar-refractivity contribution < 1.29 is 0 Å². The van der Waals surface area contributed by atoms with Crippen molar-refractivity contribution >= 4 is 17.7 Å². The number of hydrogen-bond donors (Lipinski definition) is 0. The Labute approximate surface area is 141 Å². The van der Waals surface area contributed by atoms with E-state index >= 15 is 0 Å². The van der Waals surface area contributed by atoms with Crippen LogP contribution in [0.3, 0.4) is 0 Å². The van der Waals surface area contributed by atoms with Gasteiger partial charge in [-0.3, -0.25) is 4.57 Å². The number of aromatic nitrogens is 3. The molecular weight excluding hydrogens is 306 g/mol. The van der Waals surface area contributed by atoms with Crippen molar-refractivity contribution in [1.82, 2.24) is 14.8 Å². The second-order valence-electron chi connectivity index (χ2n) is 5.61. The van der Waals surface area contributed by atoms with Gasteiger partial charge in [0.25, 0.3) is 0 Å². The molecule has 0 spiro atoms. The number of unbranched alkanes of at least 4 members (excludes halogenated alkanes) is 1. The molecule has 1 saturated heterocycles. The topological polar surface area (TPSA) is 57.7 Å². The van der Waals surface area contributed by atoms with Gasteiger partial charge in [-0.25, -0.2) is 0 Å². The molecule has 1 aromatic heterocycles. The van der Waals surface area contributed by atoms with E-state index in [1.54, 1.807) is 11.8 Å². The van der Waals surface area contributed by atoms with Gasteiger partial charge >= 0.3 is 0 Å². The molecule has 1 fully saturated rings. The maximum absolute atomic E-state index is 8.67. The molecule has 2 heterocycles. The second-order valence-corrected chi connectivity index (χ2v) is 6.67. The van der Waals surface area contributed by atoms with Gasteiger partial charge in [0.2, 0.25) is 5.95 Å². The predicted molar refractivity (Wildman–Crippen MR) is 93.0 cm³/mol. The summed E-state index contributed by atoms with van der Waals surface area (Å²) in [6.45, 7) is 2.09. The third-order valence-electron chi connectivity index (χ3n) is 3.93. The first-order valence-corrected chi connectivity index (χ1v) is 9.14. The van der Waals surface area contributed by atoms with Gasteiger partial charge in [-0.1, -0.05) is 30.0 Å². The highest BCUT2D eigenvalue weighted by Crippen LogP contribution is 2.28. The lowest BCUT2D eigenvalue weighted by Crippen LogP contribution is -2.31. The fourth-order valence-electron chi connectivity index (χ4n) is 2.77. The highest BCUT2D eigenvalue weighted by Gasteiger charge is 2.21. The molecule has 0 aliphatic carbocycles. The molecule has 0 unspecified atom stereocenters. The van der Waals surface area contributed by atoms with E-state index in [1.165, 1.54) is 19.3 Å². The summed E-state index contributed by atoms with van der Waals surface area (Å²) in [7, 11) is 0. The molecule has 1 aliphatic rings. The Morgan fingerprint density at radius 2 is 1.87 bits per heavy atom. The van der Waals surface area contributed by atoms with Crippen LogP contribution in [0.15, 0.2) is 35.5 Å². The lowest BCUT2D eigenvalue weighted by atomic mass is 10.1. The number of rotatable bonds is 6. The molecule has 3 rings (SSSR count). The Bertz CT molecular complexity index is 655. The summed E-state index contributed by atoms with van der Waals surface area (Å²) in [5.41, 5.74) is 1.10. The van der Waals surface area contributed by atoms with Crippen molar-refractivity contribution in [2.24, 2.45) is 0 Å². The summed E-state index contributed by atoms with van der Waals surface area (Å²) in [6, 6.07) is 12.5. The third-order valence-corrected chi connectivity index (χ3v) is 4.95. The van der Waals surface area contributed by atoms with Crippen LogP contribution >= 0.6 is 11.8 Å². The molecule has 2 aromatic rings. The lowest BCUT2D eigenvalue weighted by Gasteiger charge is -2.27. The second kappa shape index (κ2) is 8.02. The molecule has 0 radical (unpaired) electrons. The zero-order valence-electron chi connectivity index (χ0n) is 13.2. The lowest BCUT2D eigenvalue weighted by molar-refractivity contribution is 0.564. The van der Waals surface area contributed by atoms with Crippen LogP contribution in [0.5, 0.6) is 0 Å². The highest BCUT2D eigenvalue weighted by molar-refractivity contribution is 7.99. The van der Waals surface area contributed by atoms with Gasteiger partial charge in [0, 0.05) is 25.3 Å². The molecule has 0 saturated carbocycles. The molecule has 1 aliphatic heterocycles. The number of para-hydroxylation sites is 1. The summed E-state index contributed by atoms with van der Waals surface area (Å²) in [4.78, 5) is 2.34. The Kier molecular flexibility index (Phi) is 5.54. The molecule has 6 heteroatoms. The Morgan fingerprint density at radius 1 is 1.09 bits per heavy atom. The van der Waals surface area contributed by atoms with Crippen LogP contribution in [-0.2, 0) is 0 Å². The Morgan fingerprint density at radius 3 is 2.61 bits per heavy atom. The summed E-state index contributed by atoms with van der Waals surface area (Å²) in [5.74, 6) is 1.83. The number of thioether (sulfide) groups is 1. The predicted octanol–water partition coefficient (Wildman–Crippen LogP) is 3.65. The van der Waals surface area contributed by atoms with Crippen molar-refractivity contribution in [3.63, 3.8) is 0 Å². The van der Waals surface area contributed by atoms with Crippen LogP contribution in [0.25, 0.3) is 5.69 Å². The van der Waals surface area contributed by atoms with E-state index in [1.807, 2.05) is 18.2 Å². The van der Waals surface area contributed by atoms with E-state index in [-0.39, 0.29) is 0 Å². The normalized spacial score (nSPS) is 14.7. The first-order chi connectivity index (χ1) is 11.4. The fourth-order valence-corrected chi connectivity index (χ4v) is 3.66. The Hall–Kier alpha value is -2.00. The number of benzene rings is 1. The van der Waals surface area contributed by atoms with Crippen molar-refractivity contribution in [3.05, 3.63) is 30.3 Å². The number of anilines is 1. The molecule has 23 heavy (non-hydrogen) atoms. The van der Waals surface area contributed by atoms with Gasteiger partial charge in [-0.15, -0.1) is 10.2 Å². The van der Waals surface area contributed by atoms with E-state index in [0.29, 0.717) is 6.42 Å². The van der Waals surface area contributed by atoms with Crippen LogP contribution < -0.4 is 4.90 Å². The van der Waals surface area contributed by atoms with Gasteiger partial charge in [-0.05, 0) is 37.8 Å². The van der Waals surface area contributed by atoms with E-state index in [4.69, 9.17) is 5.26 Å². The molecule has 1 aromatic carbocycles. The van der Waals surface area contributed by atoms with Crippen molar-refractivity contribution in [1.29, 1.82) is 5.26 Å². The fraction of sp³-hybridized carbons (Fsp3) is 0.471. The minimum atomic E-state index is 0.589. The highest BCUT2D eigenvalue weighted by atomic mass is 32.2. The van der Waals surface area contributed by atoms with Gasteiger partial charge in [0.05, 0.1) is 11.8 Å². The standard InChI is InChI=1S/C17H21N5S/c18-11-5-8-14-23-17-20-19-16(21-12-6-2-7-13-21)22(17)15-9-3-1-4-10-15/h1,3-4,9-10H,2,5-8,12-14H2. The largest absolute Gasteiger partial charge is 0.341 e. The average Bonchev–Trinajstić information content (AvgIpc) is 3.04. The molecular formula is C17H21N5S. The first-order valence-electron chi connectivity index (χ1n) is 8.15. The Balaban J connectivity index is 1.87. The summed E-state index contributed by atoms with van der Waals surface area (Å²) >= 11 is 1.68. The van der Waals surface area contributed by atoms with Gasteiger partial charge in [0.1, 0.15) is 0 Å². The zero-order valence-corrected chi connectivity index (χ0v) is 14.0. The minimum absolute atomic E-state index is 0.589. The zero-order chi connectivity index (χ0) is 15.9. The SMILES string of the molecule is N#CCCCSc1nnc(N2CCCCC2)n1-c1ccccc1. The number of piperidine rings is 1. The van der Waals surface area contributed by atoms with Crippen molar-refractivity contribution in [3.8, 4) is 11.8 Å². The van der Waals surface area contributed by atoms with Crippen LogP contribution in [0.4, 0.5) is 5.95 Å². The monoisotopic (exact) mass is 327 g/mol. The van der Waals surface area contributed by atoms with Crippen molar-refractivity contribution in [2.75, 3.05) is 23.7 Å². The summed E-state index contributed by atoms with van der Waals surface area (Å²) in [6.07, 6.45) is 5.19. The van der Waals surface area contributed by atoms with Crippen LogP contribution in [-0.4, -0.2) is 33.6 Å². The molecule has 120 valence electrons. The van der Waals surface area contributed by atoms with E-state index in [9.17, 15) is 0 Å². The van der Waals surface area contributed by atoms with Gasteiger partial charge < -0.3 is 4.90 Å². The van der Waals surface area contributed by atoms with Crippen LogP contribution in [0, 0.1) is 11.3 Å². The number of hydrogen-bond acceptors (Lipinski definition) is 5. The van der Waals surface area contributed by atoms with Gasteiger partial charge in [0.15, 0.2) is 5.16 Å². The maximum atomic E-state index is 8.67. The smallest absolute Gasteiger partial charge is 0.232 e. The number of nitriles is 1. The molecule has 0 amide bonds. The molecule has 0 atom stereocenters. The maximum Gasteiger partial charge on any atom is 0.232 e. The van der Waals surface area contributed by atoms with E-state index in [2.05, 4.69) is 37.9 Å².